The molecule has 0 bridgehead atoms. The first kappa shape index (κ1) is 32.6. The van der Waals surface area contributed by atoms with Crippen LogP contribution in [-0.4, -0.2) is 15.0 Å². The Labute approximate surface area is 333 Å². The molecular formula is C53H33N3O2. The third-order valence-electron chi connectivity index (χ3n) is 11.7. The Morgan fingerprint density at radius 1 is 0.448 bits per heavy atom. The number of nitrogens with zero attached hydrogens (tertiary/aromatic N) is 3. The summed E-state index contributed by atoms with van der Waals surface area (Å²) in [5.41, 5.74) is 12.0. The average molecular weight is 744 g/mol. The van der Waals surface area contributed by atoms with Crippen LogP contribution in [0.4, 0.5) is 0 Å². The summed E-state index contributed by atoms with van der Waals surface area (Å²) >= 11 is 0. The van der Waals surface area contributed by atoms with Gasteiger partial charge in [-0.3, -0.25) is 0 Å². The minimum Gasteiger partial charge on any atom is -0.455 e. The Morgan fingerprint density at radius 2 is 1.09 bits per heavy atom. The quantitative estimate of drug-likeness (QED) is 0.176. The zero-order valence-corrected chi connectivity index (χ0v) is 31.3. The Balaban J connectivity index is 1.03. The molecule has 1 atom stereocenters. The molecule has 0 aliphatic heterocycles. The van der Waals surface area contributed by atoms with Crippen LogP contribution in [0.2, 0.25) is 0 Å². The monoisotopic (exact) mass is 743 g/mol. The summed E-state index contributed by atoms with van der Waals surface area (Å²) in [7, 11) is 0. The van der Waals surface area contributed by atoms with Gasteiger partial charge in [0, 0.05) is 49.7 Å². The minimum atomic E-state index is -0.0134. The van der Waals surface area contributed by atoms with Gasteiger partial charge in [0.15, 0.2) is 11.6 Å². The third kappa shape index (κ3) is 5.28. The van der Waals surface area contributed by atoms with E-state index in [0.717, 1.165) is 89.1 Å². The SMILES string of the molecule is C1=CC(c2nc(-c3ccc4cc(-c5ccccc5)ccc4c3)nc(-c3cccc4oc5c(-c6cccc7c6oc6ccccc67)cccc5c34)n2)Cc2ccccc21. The summed E-state index contributed by atoms with van der Waals surface area (Å²) in [5.74, 6) is 1.99. The molecule has 5 heteroatoms. The molecule has 58 heavy (non-hydrogen) atoms. The molecule has 12 rings (SSSR count). The Morgan fingerprint density at radius 3 is 1.97 bits per heavy atom. The summed E-state index contributed by atoms with van der Waals surface area (Å²) in [4.78, 5) is 15.8. The van der Waals surface area contributed by atoms with Crippen molar-refractivity contribution in [2.24, 2.45) is 0 Å². The van der Waals surface area contributed by atoms with Crippen molar-refractivity contribution in [3.8, 4) is 45.0 Å². The van der Waals surface area contributed by atoms with Gasteiger partial charge in [-0.2, -0.15) is 0 Å². The predicted molar refractivity (Wildman–Crippen MR) is 236 cm³/mol. The number of aromatic nitrogens is 3. The molecular weight excluding hydrogens is 711 g/mol. The van der Waals surface area contributed by atoms with Crippen LogP contribution in [0.5, 0.6) is 0 Å². The van der Waals surface area contributed by atoms with Crippen LogP contribution in [0.15, 0.2) is 185 Å². The molecule has 1 aliphatic rings. The highest BCUT2D eigenvalue weighted by Gasteiger charge is 2.24. The molecule has 0 N–H and O–H groups in total. The molecule has 0 saturated heterocycles. The molecule has 8 aromatic carbocycles. The molecule has 272 valence electrons. The second-order valence-corrected chi connectivity index (χ2v) is 15.1. The Hall–Kier alpha value is -7.63. The normalized spacial score (nSPS) is 13.9. The Kier molecular flexibility index (Phi) is 7.29. The van der Waals surface area contributed by atoms with Crippen LogP contribution in [0.25, 0.3) is 106 Å². The van der Waals surface area contributed by atoms with Gasteiger partial charge in [-0.1, -0.05) is 158 Å². The van der Waals surface area contributed by atoms with Gasteiger partial charge in [0.1, 0.15) is 28.2 Å². The number of furan rings is 2. The third-order valence-corrected chi connectivity index (χ3v) is 11.7. The highest BCUT2D eigenvalue weighted by atomic mass is 16.3. The molecule has 1 aliphatic carbocycles. The van der Waals surface area contributed by atoms with E-state index < -0.39 is 0 Å². The largest absolute Gasteiger partial charge is 0.455 e. The van der Waals surface area contributed by atoms with E-state index in [-0.39, 0.29) is 5.92 Å². The molecule has 11 aromatic rings. The van der Waals surface area contributed by atoms with Gasteiger partial charge in [-0.15, -0.1) is 0 Å². The summed E-state index contributed by atoms with van der Waals surface area (Å²) < 4.78 is 13.3. The highest BCUT2D eigenvalue weighted by Crippen LogP contribution is 2.43. The maximum Gasteiger partial charge on any atom is 0.164 e. The number of fused-ring (bicyclic) bond motifs is 8. The van der Waals surface area contributed by atoms with Crippen LogP contribution in [0.1, 0.15) is 22.9 Å². The van der Waals surface area contributed by atoms with E-state index in [1.54, 1.807) is 0 Å². The van der Waals surface area contributed by atoms with Crippen molar-refractivity contribution in [3.63, 3.8) is 0 Å². The van der Waals surface area contributed by atoms with Crippen molar-refractivity contribution in [1.29, 1.82) is 0 Å². The van der Waals surface area contributed by atoms with Gasteiger partial charge in [-0.05, 0) is 63.7 Å². The van der Waals surface area contributed by atoms with Crippen LogP contribution in [0.3, 0.4) is 0 Å². The maximum atomic E-state index is 6.79. The van der Waals surface area contributed by atoms with Crippen LogP contribution >= 0.6 is 0 Å². The minimum absolute atomic E-state index is 0.0134. The number of para-hydroxylation sites is 3. The lowest BCUT2D eigenvalue weighted by atomic mass is 9.89. The molecule has 5 nitrogen and oxygen atoms in total. The molecule has 0 saturated carbocycles. The van der Waals surface area contributed by atoms with Gasteiger partial charge in [0.25, 0.3) is 0 Å². The van der Waals surface area contributed by atoms with E-state index in [9.17, 15) is 0 Å². The lowest BCUT2D eigenvalue weighted by Crippen LogP contribution is -2.12. The van der Waals surface area contributed by atoms with Crippen LogP contribution in [-0.2, 0) is 6.42 Å². The zero-order valence-electron chi connectivity index (χ0n) is 31.3. The number of benzene rings is 8. The second kappa shape index (κ2) is 13.0. The lowest BCUT2D eigenvalue weighted by molar-refractivity contribution is 0.665. The van der Waals surface area contributed by atoms with E-state index in [4.69, 9.17) is 23.8 Å². The molecule has 0 spiro atoms. The van der Waals surface area contributed by atoms with E-state index in [0.29, 0.717) is 11.6 Å². The van der Waals surface area contributed by atoms with E-state index >= 15 is 0 Å². The smallest absolute Gasteiger partial charge is 0.164 e. The fraction of sp³-hybridized carbons (Fsp3) is 0.0377. The Bertz CT molecular complexity index is 3450. The fourth-order valence-corrected chi connectivity index (χ4v) is 8.79. The topological polar surface area (TPSA) is 65.0 Å². The molecule has 1 unspecified atom stereocenters. The van der Waals surface area contributed by atoms with Gasteiger partial charge in [-0.25, -0.2) is 15.0 Å². The summed E-state index contributed by atoms with van der Waals surface area (Å²) in [6, 6.07) is 59.2. The van der Waals surface area contributed by atoms with Gasteiger partial charge >= 0.3 is 0 Å². The first-order valence-electron chi connectivity index (χ1n) is 19.7. The zero-order chi connectivity index (χ0) is 38.2. The summed E-state index contributed by atoms with van der Waals surface area (Å²) in [6.07, 6.45) is 5.24. The average Bonchev–Trinajstić information content (AvgIpc) is 3.88. The molecule has 3 heterocycles. The number of rotatable bonds is 5. The van der Waals surface area contributed by atoms with Gasteiger partial charge in [0.05, 0.1) is 0 Å². The van der Waals surface area contributed by atoms with E-state index in [1.807, 2.05) is 30.3 Å². The first-order chi connectivity index (χ1) is 28.7. The molecule has 0 amide bonds. The van der Waals surface area contributed by atoms with E-state index in [1.165, 1.54) is 22.3 Å². The van der Waals surface area contributed by atoms with Crippen molar-refractivity contribution >= 4 is 60.7 Å². The van der Waals surface area contributed by atoms with Gasteiger partial charge < -0.3 is 8.83 Å². The second-order valence-electron chi connectivity index (χ2n) is 15.1. The summed E-state index contributed by atoms with van der Waals surface area (Å²) in [5, 5.41) is 6.43. The van der Waals surface area contributed by atoms with Crippen molar-refractivity contribution in [3.05, 3.63) is 193 Å². The predicted octanol–water partition coefficient (Wildman–Crippen LogP) is 13.8. The van der Waals surface area contributed by atoms with Crippen molar-refractivity contribution in [2.45, 2.75) is 12.3 Å². The number of hydrogen-bond donors (Lipinski definition) is 0. The molecule has 0 fully saturated rings. The highest BCUT2D eigenvalue weighted by molar-refractivity contribution is 6.17. The van der Waals surface area contributed by atoms with Crippen molar-refractivity contribution < 1.29 is 8.83 Å². The standard InChI is InChI=1S/C53H33N3O2/c1-2-11-32(12-3-1)35-24-25-37-31-39(28-26-36(37)29-35)52-54-51(38-27-23-33-13-4-5-14-34(33)30-38)55-53(56-52)45-20-10-22-47-48(45)44-19-9-18-43(50(44)58-47)42-17-8-16-41-40-15-6-7-21-46(40)57-49(41)42/h1-29,31,38H,30H2. The molecule has 3 aromatic heterocycles. The number of allylic oxidation sites excluding steroid dienone is 1. The molecule has 0 radical (unpaired) electrons. The maximum absolute atomic E-state index is 6.79. The lowest BCUT2D eigenvalue weighted by Gasteiger charge is -2.19. The fourth-order valence-electron chi connectivity index (χ4n) is 8.79. The number of hydrogen-bond acceptors (Lipinski definition) is 5. The van der Waals surface area contributed by atoms with Crippen LogP contribution < -0.4 is 0 Å². The van der Waals surface area contributed by atoms with Crippen molar-refractivity contribution in [1.82, 2.24) is 15.0 Å². The van der Waals surface area contributed by atoms with Crippen molar-refractivity contribution in [2.75, 3.05) is 0 Å². The van der Waals surface area contributed by atoms with E-state index in [2.05, 4.69) is 152 Å². The summed E-state index contributed by atoms with van der Waals surface area (Å²) in [6.45, 7) is 0. The first-order valence-corrected chi connectivity index (χ1v) is 19.7. The van der Waals surface area contributed by atoms with Crippen LogP contribution in [0, 0.1) is 0 Å². The van der Waals surface area contributed by atoms with Gasteiger partial charge in [0.2, 0.25) is 0 Å².